The zero-order valence-corrected chi connectivity index (χ0v) is 4.67. The van der Waals surface area contributed by atoms with Crippen LogP contribution in [0.15, 0.2) is 29.4 Å². The van der Waals surface area contributed by atoms with Crippen molar-refractivity contribution in [1.82, 2.24) is 0 Å². The Morgan fingerprint density at radius 2 is 2.38 bits per heavy atom. The third-order valence-electron chi connectivity index (χ3n) is 0.675. The summed E-state index contributed by atoms with van der Waals surface area (Å²) in [5.74, 6) is 0. The number of allylic oxidation sites excluding steroid dienone is 2. The first-order valence-corrected chi connectivity index (χ1v) is 2.24. The molecule has 44 valence electrons. The molecule has 0 bridgehead atoms. The quantitative estimate of drug-likeness (QED) is 0.423. The van der Waals surface area contributed by atoms with Gasteiger partial charge in [0.05, 0.1) is 12.3 Å². The molecule has 2 heteroatoms. The smallest absolute Gasteiger partial charge is 0.0852 e. The van der Waals surface area contributed by atoms with Gasteiger partial charge in [0.2, 0.25) is 0 Å². The van der Waals surface area contributed by atoms with Gasteiger partial charge >= 0.3 is 0 Å². The lowest BCUT2D eigenvalue weighted by Crippen LogP contribution is -1.82. The highest BCUT2D eigenvalue weighted by atomic mass is 16.3. The molecule has 1 N–H and O–H groups in total. The molecule has 0 heterocycles. The maximum Gasteiger partial charge on any atom is 0.0852 e. The van der Waals surface area contributed by atoms with E-state index in [4.69, 9.17) is 5.11 Å². The van der Waals surface area contributed by atoms with E-state index >= 15 is 0 Å². The molecule has 0 amide bonds. The predicted octanol–water partition coefficient (Wildman–Crippen LogP) is 0.749. The summed E-state index contributed by atoms with van der Waals surface area (Å²) < 4.78 is 0. The predicted molar refractivity (Wildman–Crippen MR) is 34.9 cm³/mol. The molecule has 0 rings (SSSR count). The summed E-state index contributed by atoms with van der Waals surface area (Å²) in [6.07, 6.45) is 3.16. The Bertz CT molecular complexity index is 116. The Balaban J connectivity index is 3.84. The standard InChI is InChI=1S/C6H9NO/c1-3-4-6(5-8)7-2/h3-4,8H,1-2,5H2. The maximum atomic E-state index is 8.41. The average molecular weight is 111 g/mol. The van der Waals surface area contributed by atoms with Crippen LogP contribution in [0.5, 0.6) is 0 Å². The minimum atomic E-state index is -0.0739. The van der Waals surface area contributed by atoms with Gasteiger partial charge in [-0.15, -0.1) is 0 Å². The Morgan fingerprint density at radius 3 is 2.50 bits per heavy atom. The fraction of sp³-hybridized carbons (Fsp3) is 0.167. The van der Waals surface area contributed by atoms with Gasteiger partial charge in [-0.1, -0.05) is 12.7 Å². The van der Waals surface area contributed by atoms with Crippen LogP contribution in [0.4, 0.5) is 0 Å². The molecular formula is C6H9NO. The molecule has 0 aliphatic heterocycles. The third-order valence-corrected chi connectivity index (χ3v) is 0.675. The van der Waals surface area contributed by atoms with Gasteiger partial charge in [-0.3, -0.25) is 4.99 Å². The van der Waals surface area contributed by atoms with Gasteiger partial charge in [-0.25, -0.2) is 0 Å². The first-order valence-electron chi connectivity index (χ1n) is 2.24. The van der Waals surface area contributed by atoms with E-state index < -0.39 is 0 Å². The first-order chi connectivity index (χ1) is 3.85. The molecule has 0 aliphatic carbocycles. The van der Waals surface area contributed by atoms with Crippen LogP contribution in [0, 0.1) is 0 Å². The van der Waals surface area contributed by atoms with Gasteiger partial charge < -0.3 is 5.11 Å². The van der Waals surface area contributed by atoms with Gasteiger partial charge in [0.1, 0.15) is 0 Å². The summed E-state index contributed by atoms with van der Waals surface area (Å²) in [6.45, 7) is 6.57. The lowest BCUT2D eigenvalue weighted by molar-refractivity contribution is 0.330. The number of aliphatic imine (C=N–C) groups is 1. The monoisotopic (exact) mass is 111 g/mol. The van der Waals surface area contributed by atoms with E-state index in [1.165, 1.54) is 0 Å². The second-order valence-electron chi connectivity index (χ2n) is 1.21. The van der Waals surface area contributed by atoms with Crippen molar-refractivity contribution in [2.45, 2.75) is 0 Å². The molecule has 0 unspecified atom stereocenters. The number of hydrogen-bond donors (Lipinski definition) is 1. The van der Waals surface area contributed by atoms with Crippen LogP contribution in [0.2, 0.25) is 0 Å². The molecule has 0 aromatic rings. The number of aliphatic hydroxyl groups is 1. The Kier molecular flexibility index (Phi) is 3.80. The SMILES string of the molecule is C=CC=C(CO)N=C. The van der Waals surface area contributed by atoms with Crippen molar-refractivity contribution in [2.75, 3.05) is 6.61 Å². The summed E-state index contributed by atoms with van der Waals surface area (Å²) in [4.78, 5) is 3.49. The fourth-order valence-corrected chi connectivity index (χ4v) is 0.291. The molecule has 0 radical (unpaired) electrons. The van der Waals surface area contributed by atoms with Gasteiger partial charge in [0.15, 0.2) is 0 Å². The van der Waals surface area contributed by atoms with Crippen LogP contribution in [-0.2, 0) is 0 Å². The molecule has 0 saturated carbocycles. The van der Waals surface area contributed by atoms with Crippen molar-refractivity contribution in [3.8, 4) is 0 Å². The van der Waals surface area contributed by atoms with Crippen LogP contribution in [0.3, 0.4) is 0 Å². The van der Waals surface area contributed by atoms with Crippen LogP contribution in [-0.4, -0.2) is 18.4 Å². The van der Waals surface area contributed by atoms with Crippen molar-refractivity contribution >= 4 is 6.72 Å². The minimum Gasteiger partial charge on any atom is -0.390 e. The number of hydrogen-bond acceptors (Lipinski definition) is 2. The fourth-order valence-electron chi connectivity index (χ4n) is 0.291. The molecule has 2 nitrogen and oxygen atoms in total. The highest BCUT2D eigenvalue weighted by Crippen LogP contribution is 1.91. The van der Waals surface area contributed by atoms with Crippen LogP contribution >= 0.6 is 0 Å². The summed E-state index contributed by atoms with van der Waals surface area (Å²) in [6, 6.07) is 0. The van der Waals surface area contributed by atoms with E-state index in [0.29, 0.717) is 5.70 Å². The van der Waals surface area contributed by atoms with E-state index in [2.05, 4.69) is 18.3 Å². The molecule has 0 spiro atoms. The number of aliphatic hydroxyl groups excluding tert-OH is 1. The Morgan fingerprint density at radius 1 is 1.75 bits per heavy atom. The van der Waals surface area contributed by atoms with Crippen molar-refractivity contribution in [3.63, 3.8) is 0 Å². The molecule has 0 atom stereocenters. The maximum absolute atomic E-state index is 8.41. The lowest BCUT2D eigenvalue weighted by atomic mass is 10.4. The Hall–Kier alpha value is -0.890. The number of rotatable bonds is 3. The highest BCUT2D eigenvalue weighted by molar-refractivity contribution is 5.29. The number of nitrogens with zero attached hydrogens (tertiary/aromatic N) is 1. The summed E-state index contributed by atoms with van der Waals surface area (Å²) in [5.41, 5.74) is 0.542. The van der Waals surface area contributed by atoms with Crippen molar-refractivity contribution in [2.24, 2.45) is 4.99 Å². The topological polar surface area (TPSA) is 32.6 Å². The van der Waals surface area contributed by atoms with Crippen LogP contribution < -0.4 is 0 Å². The minimum absolute atomic E-state index is 0.0739. The molecule has 0 aliphatic rings. The highest BCUT2D eigenvalue weighted by Gasteiger charge is 1.81. The van der Waals surface area contributed by atoms with E-state index in [0.717, 1.165) is 0 Å². The second-order valence-corrected chi connectivity index (χ2v) is 1.21. The Labute approximate surface area is 48.9 Å². The first kappa shape index (κ1) is 7.11. The molecule has 0 aromatic carbocycles. The summed E-state index contributed by atoms with van der Waals surface area (Å²) in [5, 5.41) is 8.41. The molecular weight excluding hydrogens is 102 g/mol. The van der Waals surface area contributed by atoms with Crippen LogP contribution in [0.25, 0.3) is 0 Å². The second kappa shape index (κ2) is 4.27. The summed E-state index contributed by atoms with van der Waals surface area (Å²) >= 11 is 0. The van der Waals surface area contributed by atoms with E-state index in [1.54, 1.807) is 12.2 Å². The van der Waals surface area contributed by atoms with Crippen molar-refractivity contribution in [3.05, 3.63) is 24.4 Å². The van der Waals surface area contributed by atoms with Gasteiger partial charge in [-0.2, -0.15) is 0 Å². The molecule has 0 aromatic heterocycles. The average Bonchev–Trinajstić information content (AvgIpc) is 1.83. The molecule has 8 heavy (non-hydrogen) atoms. The third kappa shape index (κ3) is 2.31. The van der Waals surface area contributed by atoms with Crippen molar-refractivity contribution in [1.29, 1.82) is 0 Å². The van der Waals surface area contributed by atoms with Crippen molar-refractivity contribution < 1.29 is 5.11 Å². The normalized spacial score (nSPS) is 10.9. The van der Waals surface area contributed by atoms with Crippen LogP contribution in [0.1, 0.15) is 0 Å². The summed E-state index contributed by atoms with van der Waals surface area (Å²) in [7, 11) is 0. The largest absolute Gasteiger partial charge is 0.390 e. The van der Waals surface area contributed by atoms with E-state index in [9.17, 15) is 0 Å². The van der Waals surface area contributed by atoms with Gasteiger partial charge in [-0.05, 0) is 12.8 Å². The van der Waals surface area contributed by atoms with E-state index in [1.807, 2.05) is 0 Å². The lowest BCUT2D eigenvalue weighted by Gasteiger charge is -1.88. The molecule has 0 saturated heterocycles. The van der Waals surface area contributed by atoms with Gasteiger partial charge in [0.25, 0.3) is 0 Å². The zero-order valence-electron chi connectivity index (χ0n) is 4.67. The molecule has 0 fully saturated rings. The zero-order chi connectivity index (χ0) is 6.41. The van der Waals surface area contributed by atoms with Gasteiger partial charge in [0, 0.05) is 0 Å². The van der Waals surface area contributed by atoms with E-state index in [-0.39, 0.29) is 6.61 Å².